The van der Waals surface area contributed by atoms with Crippen LogP contribution in [0.25, 0.3) is 0 Å². The lowest BCUT2D eigenvalue weighted by Gasteiger charge is -2.32. The molecule has 0 aromatic heterocycles. The van der Waals surface area contributed by atoms with Gasteiger partial charge in [0.15, 0.2) is 0 Å². The topological polar surface area (TPSA) is 129 Å². The summed E-state index contributed by atoms with van der Waals surface area (Å²) in [5.41, 5.74) is 8.46. The molecule has 0 atom stereocenters. The molecular weight excluding hydrogens is 408 g/mol. The SMILES string of the molecule is CC(C)(C)OC(=O)C(N)(CCCNCCCCCCNCCCCN)C(=O)OC(C)(C)C. The number of carbonyl (C=O) groups excluding carboxylic acids is 2. The Labute approximate surface area is 195 Å². The molecule has 0 saturated heterocycles. The Balaban J connectivity index is 4.22. The van der Waals surface area contributed by atoms with Crippen molar-refractivity contribution in [3.63, 3.8) is 0 Å². The van der Waals surface area contributed by atoms with E-state index in [1.54, 1.807) is 41.5 Å². The van der Waals surface area contributed by atoms with Crippen LogP contribution in [0.4, 0.5) is 0 Å². The highest BCUT2D eigenvalue weighted by Gasteiger charge is 2.47. The minimum atomic E-state index is -1.81. The molecule has 0 heterocycles. The van der Waals surface area contributed by atoms with E-state index in [1.807, 2.05) is 0 Å². The number of nitrogens with one attached hydrogen (secondary N) is 2. The predicted molar refractivity (Wildman–Crippen MR) is 130 cm³/mol. The van der Waals surface area contributed by atoms with E-state index in [0.29, 0.717) is 13.0 Å². The number of esters is 2. The van der Waals surface area contributed by atoms with Gasteiger partial charge >= 0.3 is 11.9 Å². The maximum Gasteiger partial charge on any atom is 0.338 e. The lowest BCUT2D eigenvalue weighted by molar-refractivity contribution is -0.177. The van der Waals surface area contributed by atoms with Gasteiger partial charge in [0.2, 0.25) is 5.54 Å². The molecule has 0 aliphatic heterocycles. The standard InChI is InChI=1S/C24H50N4O4/c1-22(2,3)31-20(29)24(26,21(30)32-23(4,5)6)14-13-19-28-17-11-8-7-10-16-27-18-12-9-15-25/h27-28H,7-19,25-26H2,1-6H3. The number of carbonyl (C=O) groups is 2. The number of hydrogen-bond acceptors (Lipinski definition) is 8. The highest BCUT2D eigenvalue weighted by molar-refractivity contribution is 6.04. The molecule has 0 aliphatic rings. The molecule has 32 heavy (non-hydrogen) atoms. The Morgan fingerprint density at radius 2 is 1.03 bits per heavy atom. The molecule has 0 fully saturated rings. The molecule has 190 valence electrons. The van der Waals surface area contributed by atoms with Gasteiger partial charge in [-0.25, -0.2) is 9.59 Å². The molecule has 0 aliphatic carbocycles. The maximum atomic E-state index is 12.7. The van der Waals surface area contributed by atoms with Crippen LogP contribution in [0.3, 0.4) is 0 Å². The smallest absolute Gasteiger partial charge is 0.338 e. The van der Waals surface area contributed by atoms with E-state index in [1.165, 1.54) is 19.3 Å². The lowest BCUT2D eigenvalue weighted by Crippen LogP contribution is -2.59. The Kier molecular flexibility index (Phi) is 15.0. The van der Waals surface area contributed by atoms with Gasteiger partial charge in [0.25, 0.3) is 0 Å². The van der Waals surface area contributed by atoms with Crippen LogP contribution in [0.15, 0.2) is 0 Å². The Hall–Kier alpha value is -1.22. The number of hydrogen-bond donors (Lipinski definition) is 4. The van der Waals surface area contributed by atoms with Crippen LogP contribution in [0.5, 0.6) is 0 Å². The molecule has 0 amide bonds. The monoisotopic (exact) mass is 458 g/mol. The lowest BCUT2D eigenvalue weighted by atomic mass is 9.93. The second kappa shape index (κ2) is 15.6. The molecule has 0 saturated carbocycles. The predicted octanol–water partition coefficient (Wildman–Crippen LogP) is 2.63. The van der Waals surface area contributed by atoms with Crippen molar-refractivity contribution in [1.82, 2.24) is 10.6 Å². The van der Waals surface area contributed by atoms with Crippen molar-refractivity contribution in [3.8, 4) is 0 Å². The fraction of sp³-hybridized carbons (Fsp3) is 0.917. The van der Waals surface area contributed by atoms with E-state index < -0.39 is 28.7 Å². The largest absolute Gasteiger partial charge is 0.458 e. The van der Waals surface area contributed by atoms with Crippen molar-refractivity contribution in [2.24, 2.45) is 11.5 Å². The summed E-state index contributed by atoms with van der Waals surface area (Å²) in [7, 11) is 0. The molecule has 0 unspecified atom stereocenters. The fourth-order valence-electron chi connectivity index (χ4n) is 3.02. The second-order valence-corrected chi connectivity index (χ2v) is 10.5. The van der Waals surface area contributed by atoms with E-state index in [4.69, 9.17) is 20.9 Å². The molecule has 0 rings (SSSR count). The minimum Gasteiger partial charge on any atom is -0.458 e. The summed E-state index contributed by atoms with van der Waals surface area (Å²) in [6, 6.07) is 0. The molecular formula is C24H50N4O4. The summed E-state index contributed by atoms with van der Waals surface area (Å²) < 4.78 is 10.8. The number of unbranched alkanes of at least 4 members (excludes halogenated alkanes) is 4. The zero-order valence-corrected chi connectivity index (χ0v) is 21.5. The van der Waals surface area contributed by atoms with Crippen molar-refractivity contribution in [3.05, 3.63) is 0 Å². The van der Waals surface area contributed by atoms with Crippen LogP contribution in [-0.4, -0.2) is 61.4 Å². The Morgan fingerprint density at radius 1 is 0.656 bits per heavy atom. The first-order valence-electron chi connectivity index (χ1n) is 12.2. The average Bonchev–Trinajstić information content (AvgIpc) is 2.65. The Morgan fingerprint density at radius 3 is 1.41 bits per heavy atom. The van der Waals surface area contributed by atoms with Gasteiger partial charge in [-0.3, -0.25) is 0 Å². The Bertz CT molecular complexity index is 499. The van der Waals surface area contributed by atoms with E-state index in [0.717, 1.165) is 45.4 Å². The van der Waals surface area contributed by atoms with E-state index in [9.17, 15) is 9.59 Å². The van der Waals surface area contributed by atoms with Crippen LogP contribution in [0.2, 0.25) is 0 Å². The number of rotatable bonds is 17. The summed E-state index contributed by atoms with van der Waals surface area (Å²) in [6.45, 7) is 15.0. The van der Waals surface area contributed by atoms with E-state index in [2.05, 4.69) is 10.6 Å². The highest BCUT2D eigenvalue weighted by Crippen LogP contribution is 2.21. The van der Waals surface area contributed by atoms with Crippen molar-refractivity contribution in [1.29, 1.82) is 0 Å². The van der Waals surface area contributed by atoms with E-state index in [-0.39, 0.29) is 6.42 Å². The van der Waals surface area contributed by atoms with Gasteiger partial charge < -0.3 is 31.6 Å². The van der Waals surface area contributed by atoms with Gasteiger partial charge in [-0.15, -0.1) is 0 Å². The van der Waals surface area contributed by atoms with Crippen molar-refractivity contribution in [2.75, 3.05) is 32.7 Å². The van der Waals surface area contributed by atoms with Gasteiger partial charge in [0.1, 0.15) is 11.2 Å². The van der Waals surface area contributed by atoms with Crippen molar-refractivity contribution in [2.45, 2.75) is 110 Å². The molecule has 8 nitrogen and oxygen atoms in total. The maximum absolute atomic E-state index is 12.7. The quantitative estimate of drug-likeness (QED) is 0.149. The van der Waals surface area contributed by atoms with Crippen LogP contribution in [0, 0.1) is 0 Å². The van der Waals surface area contributed by atoms with Crippen LogP contribution in [-0.2, 0) is 19.1 Å². The molecule has 0 radical (unpaired) electrons. The van der Waals surface area contributed by atoms with Crippen LogP contribution >= 0.6 is 0 Å². The minimum absolute atomic E-state index is 0.166. The van der Waals surface area contributed by atoms with Crippen molar-refractivity contribution < 1.29 is 19.1 Å². The molecule has 6 N–H and O–H groups in total. The second-order valence-electron chi connectivity index (χ2n) is 10.5. The third-order valence-electron chi connectivity index (χ3n) is 4.72. The van der Waals surface area contributed by atoms with Crippen LogP contribution < -0.4 is 22.1 Å². The third kappa shape index (κ3) is 15.6. The van der Waals surface area contributed by atoms with Gasteiger partial charge in [-0.2, -0.15) is 0 Å². The summed E-state index contributed by atoms with van der Waals surface area (Å²) in [6.07, 6.45) is 7.62. The summed E-state index contributed by atoms with van der Waals surface area (Å²) in [5, 5.41) is 6.81. The normalized spacial score (nSPS) is 12.6. The molecule has 0 spiro atoms. The fourth-order valence-corrected chi connectivity index (χ4v) is 3.02. The highest BCUT2D eigenvalue weighted by atomic mass is 16.6. The van der Waals surface area contributed by atoms with Crippen molar-refractivity contribution >= 4 is 11.9 Å². The zero-order chi connectivity index (χ0) is 24.7. The van der Waals surface area contributed by atoms with Gasteiger partial charge in [0, 0.05) is 0 Å². The number of ether oxygens (including phenoxy) is 2. The summed E-state index contributed by atoms with van der Waals surface area (Å²) in [4.78, 5) is 25.4. The summed E-state index contributed by atoms with van der Waals surface area (Å²) >= 11 is 0. The molecule has 0 aromatic carbocycles. The number of nitrogens with two attached hydrogens (primary N) is 2. The third-order valence-corrected chi connectivity index (χ3v) is 4.72. The van der Waals surface area contributed by atoms with Crippen LogP contribution in [0.1, 0.15) is 92.9 Å². The van der Waals surface area contributed by atoms with Gasteiger partial charge in [0.05, 0.1) is 0 Å². The molecule has 0 aromatic rings. The molecule has 0 bridgehead atoms. The first kappa shape index (κ1) is 30.8. The summed E-state index contributed by atoms with van der Waals surface area (Å²) in [5.74, 6) is -1.48. The average molecular weight is 459 g/mol. The molecule has 8 heteroatoms. The first-order chi connectivity index (χ1) is 14.8. The van der Waals surface area contributed by atoms with Gasteiger partial charge in [-0.1, -0.05) is 12.8 Å². The first-order valence-corrected chi connectivity index (χ1v) is 12.2. The van der Waals surface area contributed by atoms with E-state index >= 15 is 0 Å². The van der Waals surface area contributed by atoms with Gasteiger partial charge in [-0.05, 0) is 113 Å². The zero-order valence-electron chi connectivity index (χ0n) is 21.5.